The Balaban J connectivity index is 2.15. The van der Waals surface area contributed by atoms with Crippen LogP contribution in [0.5, 0.6) is 0 Å². The van der Waals surface area contributed by atoms with Crippen LogP contribution in [0.15, 0.2) is 36.4 Å². The first-order valence-electron chi connectivity index (χ1n) is 8.51. The number of nitrogens with zero attached hydrogens (tertiary/aromatic N) is 1. The van der Waals surface area contributed by atoms with Crippen molar-refractivity contribution >= 4 is 27.3 Å². The fraction of sp³-hybridized carbons (Fsp3) is 0.429. The van der Waals surface area contributed by atoms with Crippen molar-refractivity contribution < 1.29 is 0 Å². The van der Waals surface area contributed by atoms with E-state index >= 15 is 0 Å². The molecule has 0 unspecified atom stereocenters. The van der Waals surface area contributed by atoms with Gasteiger partial charge >= 0.3 is 0 Å². The second-order valence-electron chi connectivity index (χ2n) is 7.21. The lowest BCUT2D eigenvalue weighted by molar-refractivity contribution is 0.619. The molecule has 2 heteroatoms. The summed E-state index contributed by atoms with van der Waals surface area (Å²) in [5.41, 5.74) is 8.40. The number of halogens is 1. The number of fused-ring (bicyclic) bond motifs is 2. The Morgan fingerprint density at radius 3 is 1.87 bits per heavy atom. The van der Waals surface area contributed by atoms with Crippen LogP contribution in [0, 0.1) is 13.8 Å². The van der Waals surface area contributed by atoms with Gasteiger partial charge in [0.25, 0.3) is 0 Å². The van der Waals surface area contributed by atoms with Crippen molar-refractivity contribution in [2.45, 2.75) is 46.0 Å². The average molecular weight is 372 g/mol. The highest BCUT2D eigenvalue weighted by atomic mass is 79.9. The maximum Gasteiger partial charge on any atom is 0.0452 e. The van der Waals surface area contributed by atoms with Crippen molar-refractivity contribution in [2.75, 3.05) is 16.8 Å². The largest absolute Gasteiger partial charge is 0.341 e. The van der Waals surface area contributed by atoms with Crippen LogP contribution in [0.3, 0.4) is 0 Å². The molecule has 0 bridgehead atoms. The van der Waals surface area contributed by atoms with E-state index in [1.54, 1.807) is 0 Å². The minimum atomic E-state index is 0.0502. The fourth-order valence-electron chi connectivity index (χ4n) is 3.65. The lowest BCUT2D eigenvalue weighted by Crippen LogP contribution is -2.33. The molecule has 0 aromatic heterocycles. The van der Waals surface area contributed by atoms with Crippen LogP contribution in [0.4, 0.5) is 11.4 Å². The fourth-order valence-corrected chi connectivity index (χ4v) is 4.05. The van der Waals surface area contributed by atoms with Gasteiger partial charge < -0.3 is 4.90 Å². The number of benzene rings is 2. The molecule has 1 aliphatic rings. The number of hydrogen-bond donors (Lipinski definition) is 0. The Hall–Kier alpha value is -1.28. The molecule has 0 spiro atoms. The summed E-state index contributed by atoms with van der Waals surface area (Å²) >= 11 is 3.56. The summed E-state index contributed by atoms with van der Waals surface area (Å²) in [5.74, 6) is 0. The van der Waals surface area contributed by atoms with Crippen molar-refractivity contribution in [3.63, 3.8) is 0 Å². The first-order valence-corrected chi connectivity index (χ1v) is 9.63. The number of hydrogen-bond acceptors (Lipinski definition) is 1. The van der Waals surface area contributed by atoms with Crippen molar-refractivity contribution in [2.24, 2.45) is 0 Å². The molecule has 1 nitrogen and oxygen atoms in total. The van der Waals surface area contributed by atoms with Gasteiger partial charge in [-0.05, 0) is 49.9 Å². The van der Waals surface area contributed by atoms with Crippen molar-refractivity contribution in [1.82, 2.24) is 0 Å². The van der Waals surface area contributed by atoms with Crippen LogP contribution in [-0.2, 0) is 5.41 Å². The summed E-state index contributed by atoms with van der Waals surface area (Å²) in [5, 5.41) is 1.08. The third kappa shape index (κ3) is 2.94. The van der Waals surface area contributed by atoms with E-state index in [-0.39, 0.29) is 5.41 Å². The Morgan fingerprint density at radius 2 is 1.39 bits per heavy atom. The van der Waals surface area contributed by atoms with Gasteiger partial charge in [0.1, 0.15) is 0 Å². The van der Waals surface area contributed by atoms with Crippen LogP contribution in [0.25, 0.3) is 0 Å². The molecule has 2 aromatic rings. The Bertz CT molecular complexity index is 662. The molecule has 1 heterocycles. The molecule has 0 aliphatic carbocycles. The van der Waals surface area contributed by atoms with Gasteiger partial charge in [0.15, 0.2) is 0 Å². The molecule has 2 aromatic carbocycles. The summed E-state index contributed by atoms with van der Waals surface area (Å²) in [6.07, 6.45) is 2.41. The Kier molecular flexibility index (Phi) is 4.55. The zero-order chi connectivity index (χ0) is 16.6. The number of unbranched alkanes of at least 4 members (excludes halogenated alkanes) is 1. The predicted octanol–water partition coefficient (Wildman–Crippen LogP) is 6.26. The lowest BCUT2D eigenvalue weighted by Gasteiger charge is -2.42. The highest BCUT2D eigenvalue weighted by Gasteiger charge is 2.36. The first-order chi connectivity index (χ1) is 10.9. The molecule has 0 atom stereocenters. The van der Waals surface area contributed by atoms with Crippen LogP contribution >= 0.6 is 15.9 Å². The summed E-state index contributed by atoms with van der Waals surface area (Å²) in [4.78, 5) is 2.53. The van der Waals surface area contributed by atoms with E-state index in [0.717, 1.165) is 11.9 Å². The monoisotopic (exact) mass is 371 g/mol. The molecule has 0 N–H and O–H groups in total. The highest BCUT2D eigenvalue weighted by Crippen LogP contribution is 2.49. The molecule has 0 amide bonds. The van der Waals surface area contributed by atoms with Gasteiger partial charge in [-0.2, -0.15) is 0 Å². The van der Waals surface area contributed by atoms with Gasteiger partial charge in [-0.1, -0.05) is 65.2 Å². The lowest BCUT2D eigenvalue weighted by atomic mass is 9.73. The molecule has 0 saturated heterocycles. The van der Waals surface area contributed by atoms with Crippen molar-refractivity contribution in [3.05, 3.63) is 58.7 Å². The van der Waals surface area contributed by atoms with E-state index in [0.29, 0.717) is 0 Å². The topological polar surface area (TPSA) is 3.24 Å². The van der Waals surface area contributed by atoms with E-state index < -0.39 is 0 Å². The maximum atomic E-state index is 3.56. The molecule has 0 saturated carbocycles. The molecule has 3 rings (SSSR count). The zero-order valence-electron chi connectivity index (χ0n) is 14.6. The van der Waals surface area contributed by atoms with Gasteiger partial charge in [-0.3, -0.25) is 0 Å². The Labute approximate surface area is 148 Å². The van der Waals surface area contributed by atoms with Crippen LogP contribution in [0.1, 0.15) is 48.9 Å². The second kappa shape index (κ2) is 6.32. The van der Waals surface area contributed by atoms with Crippen LogP contribution in [0.2, 0.25) is 0 Å². The highest BCUT2D eigenvalue weighted by molar-refractivity contribution is 9.09. The van der Waals surface area contributed by atoms with Crippen LogP contribution < -0.4 is 4.90 Å². The quantitative estimate of drug-likeness (QED) is 0.453. The number of alkyl halides is 1. The molecule has 23 heavy (non-hydrogen) atoms. The van der Waals surface area contributed by atoms with Crippen molar-refractivity contribution in [1.29, 1.82) is 0 Å². The maximum absolute atomic E-state index is 3.56. The smallest absolute Gasteiger partial charge is 0.0452 e. The minimum absolute atomic E-state index is 0.0502. The number of rotatable bonds is 4. The summed E-state index contributed by atoms with van der Waals surface area (Å²) in [6, 6.07) is 13.8. The summed E-state index contributed by atoms with van der Waals surface area (Å²) < 4.78 is 0. The summed E-state index contributed by atoms with van der Waals surface area (Å²) in [7, 11) is 0. The van der Waals surface area contributed by atoms with E-state index in [1.165, 1.54) is 46.5 Å². The van der Waals surface area contributed by atoms with E-state index in [9.17, 15) is 0 Å². The van der Waals surface area contributed by atoms with Gasteiger partial charge in [-0.15, -0.1) is 0 Å². The number of aryl methyl sites for hydroxylation is 2. The molecular weight excluding hydrogens is 346 g/mol. The minimum Gasteiger partial charge on any atom is -0.341 e. The van der Waals surface area contributed by atoms with E-state index in [1.807, 2.05) is 0 Å². The van der Waals surface area contributed by atoms with Gasteiger partial charge in [0, 0.05) is 28.7 Å². The molecule has 1 aliphatic heterocycles. The van der Waals surface area contributed by atoms with Gasteiger partial charge in [0.2, 0.25) is 0 Å². The third-order valence-corrected chi connectivity index (χ3v) is 5.56. The van der Waals surface area contributed by atoms with E-state index in [2.05, 4.69) is 84.9 Å². The van der Waals surface area contributed by atoms with Crippen LogP contribution in [-0.4, -0.2) is 11.9 Å². The molecule has 0 fully saturated rings. The first kappa shape index (κ1) is 16.6. The average Bonchev–Trinajstić information content (AvgIpc) is 2.51. The molecule has 122 valence electrons. The van der Waals surface area contributed by atoms with Gasteiger partial charge in [0.05, 0.1) is 0 Å². The third-order valence-electron chi connectivity index (χ3n) is 5.00. The molecular formula is C21H26BrN. The normalized spacial score (nSPS) is 15.3. The zero-order valence-corrected chi connectivity index (χ0v) is 16.2. The predicted molar refractivity (Wildman–Crippen MR) is 105 cm³/mol. The molecule has 0 radical (unpaired) electrons. The second-order valence-corrected chi connectivity index (χ2v) is 8.01. The van der Waals surface area contributed by atoms with Gasteiger partial charge in [-0.25, -0.2) is 0 Å². The summed E-state index contributed by atoms with van der Waals surface area (Å²) in [6.45, 7) is 10.2. The standard InChI is InChI=1S/C21H26BrN/c1-15-7-9-19-17(13-15)21(3,4)18-14-16(2)8-10-20(18)23(19)12-6-5-11-22/h7-10,13-14H,5-6,11-12H2,1-4H3. The van der Waals surface area contributed by atoms with Crippen molar-refractivity contribution in [3.8, 4) is 0 Å². The van der Waals surface area contributed by atoms with E-state index in [4.69, 9.17) is 0 Å². The number of anilines is 2. The Morgan fingerprint density at radius 1 is 0.870 bits per heavy atom. The SMILES string of the molecule is Cc1ccc2c(c1)C(C)(C)c1cc(C)ccc1N2CCCCBr.